The predicted octanol–water partition coefficient (Wildman–Crippen LogP) is 2.41. The van der Waals surface area contributed by atoms with E-state index in [0.717, 1.165) is 30.9 Å². The van der Waals surface area contributed by atoms with Gasteiger partial charge in [0.25, 0.3) is 0 Å². The molecule has 0 heterocycles. The van der Waals surface area contributed by atoms with Crippen LogP contribution in [0, 0.1) is 0 Å². The van der Waals surface area contributed by atoms with Gasteiger partial charge in [0.1, 0.15) is 11.5 Å². The van der Waals surface area contributed by atoms with E-state index in [9.17, 15) is 0 Å². The highest BCUT2D eigenvalue weighted by Gasteiger charge is 2.22. The highest BCUT2D eigenvalue weighted by molar-refractivity contribution is 5.38. The van der Waals surface area contributed by atoms with Crippen molar-refractivity contribution in [1.82, 2.24) is 4.90 Å². The van der Waals surface area contributed by atoms with E-state index in [1.165, 1.54) is 18.4 Å². The molecule has 4 nitrogen and oxygen atoms in total. The second kappa shape index (κ2) is 6.95. The van der Waals surface area contributed by atoms with Gasteiger partial charge in [-0.25, -0.2) is 0 Å². The van der Waals surface area contributed by atoms with Crippen molar-refractivity contribution in [2.45, 2.75) is 44.3 Å². The van der Waals surface area contributed by atoms with Crippen LogP contribution in [0.4, 0.5) is 0 Å². The number of ether oxygens (including phenoxy) is 2. The van der Waals surface area contributed by atoms with Crippen LogP contribution in [-0.4, -0.2) is 38.3 Å². The fraction of sp³-hybridized carbons (Fsp3) is 0.625. The van der Waals surface area contributed by atoms with Crippen molar-refractivity contribution in [2.75, 3.05) is 21.3 Å². The van der Waals surface area contributed by atoms with E-state index in [4.69, 9.17) is 15.2 Å². The maximum atomic E-state index is 5.97. The first kappa shape index (κ1) is 15.1. The summed E-state index contributed by atoms with van der Waals surface area (Å²) in [4.78, 5) is 2.42. The van der Waals surface area contributed by atoms with E-state index in [1.54, 1.807) is 14.2 Å². The van der Waals surface area contributed by atoms with Crippen LogP contribution in [0.2, 0.25) is 0 Å². The summed E-state index contributed by atoms with van der Waals surface area (Å²) >= 11 is 0. The first-order valence-electron chi connectivity index (χ1n) is 7.30. The minimum absolute atomic E-state index is 0.400. The topological polar surface area (TPSA) is 47.7 Å². The summed E-state index contributed by atoms with van der Waals surface area (Å²) < 4.78 is 10.6. The smallest absolute Gasteiger partial charge is 0.122 e. The molecule has 0 bridgehead atoms. The molecule has 4 heteroatoms. The van der Waals surface area contributed by atoms with Gasteiger partial charge in [0.15, 0.2) is 0 Å². The quantitative estimate of drug-likeness (QED) is 0.898. The van der Waals surface area contributed by atoms with Crippen LogP contribution in [0.3, 0.4) is 0 Å². The monoisotopic (exact) mass is 278 g/mol. The molecule has 2 N–H and O–H groups in total. The van der Waals surface area contributed by atoms with Gasteiger partial charge in [-0.3, -0.25) is 4.90 Å². The molecule has 0 amide bonds. The Morgan fingerprint density at radius 1 is 1.05 bits per heavy atom. The molecule has 112 valence electrons. The Labute approximate surface area is 121 Å². The summed E-state index contributed by atoms with van der Waals surface area (Å²) in [5.74, 6) is 1.69. The van der Waals surface area contributed by atoms with Gasteiger partial charge in [0.2, 0.25) is 0 Å². The Kier molecular flexibility index (Phi) is 5.26. The van der Waals surface area contributed by atoms with Crippen LogP contribution >= 0.6 is 0 Å². The molecule has 1 aliphatic carbocycles. The minimum atomic E-state index is 0.400. The maximum absolute atomic E-state index is 5.97. The Balaban J connectivity index is 2.01. The maximum Gasteiger partial charge on any atom is 0.122 e. The van der Waals surface area contributed by atoms with Gasteiger partial charge in [-0.15, -0.1) is 0 Å². The fourth-order valence-corrected chi connectivity index (χ4v) is 2.92. The van der Waals surface area contributed by atoms with Gasteiger partial charge in [0.05, 0.1) is 14.2 Å². The SMILES string of the molecule is COc1cc(CN(C)C2CCC(N)CC2)cc(OC)c1. The number of rotatable bonds is 5. The molecule has 1 aromatic rings. The Hall–Kier alpha value is -1.26. The van der Waals surface area contributed by atoms with Crippen molar-refractivity contribution >= 4 is 0 Å². The zero-order chi connectivity index (χ0) is 14.5. The van der Waals surface area contributed by atoms with Crippen molar-refractivity contribution in [2.24, 2.45) is 5.73 Å². The average Bonchev–Trinajstić information content (AvgIpc) is 2.47. The summed E-state index contributed by atoms with van der Waals surface area (Å²) in [6.45, 7) is 0.910. The zero-order valence-corrected chi connectivity index (χ0v) is 12.8. The lowest BCUT2D eigenvalue weighted by atomic mass is 9.91. The van der Waals surface area contributed by atoms with Crippen molar-refractivity contribution in [1.29, 1.82) is 0 Å². The summed E-state index contributed by atoms with van der Waals surface area (Å²) in [6.07, 6.45) is 4.66. The van der Waals surface area contributed by atoms with E-state index in [0.29, 0.717) is 12.1 Å². The Morgan fingerprint density at radius 2 is 1.60 bits per heavy atom. The minimum Gasteiger partial charge on any atom is -0.497 e. The van der Waals surface area contributed by atoms with Gasteiger partial charge in [-0.2, -0.15) is 0 Å². The molecular formula is C16H26N2O2. The molecule has 1 aromatic carbocycles. The highest BCUT2D eigenvalue weighted by atomic mass is 16.5. The molecule has 1 fully saturated rings. The van der Waals surface area contributed by atoms with Crippen LogP contribution < -0.4 is 15.2 Å². The molecule has 0 aliphatic heterocycles. The van der Waals surface area contributed by atoms with Crippen molar-refractivity contribution in [3.8, 4) is 11.5 Å². The molecule has 0 saturated heterocycles. The van der Waals surface area contributed by atoms with Gasteiger partial charge in [0, 0.05) is 24.7 Å². The van der Waals surface area contributed by atoms with Crippen LogP contribution in [0.25, 0.3) is 0 Å². The van der Waals surface area contributed by atoms with Crippen LogP contribution in [0.1, 0.15) is 31.2 Å². The average molecular weight is 278 g/mol. The molecule has 0 atom stereocenters. The van der Waals surface area contributed by atoms with Gasteiger partial charge < -0.3 is 15.2 Å². The highest BCUT2D eigenvalue weighted by Crippen LogP contribution is 2.26. The molecule has 1 aliphatic rings. The van der Waals surface area contributed by atoms with Crippen molar-refractivity contribution in [3.05, 3.63) is 23.8 Å². The third-order valence-electron chi connectivity index (χ3n) is 4.21. The Bertz CT molecular complexity index is 406. The lowest BCUT2D eigenvalue weighted by Crippen LogP contribution is -2.38. The third kappa shape index (κ3) is 3.87. The Morgan fingerprint density at radius 3 is 2.10 bits per heavy atom. The van der Waals surface area contributed by atoms with E-state index in [2.05, 4.69) is 24.1 Å². The fourth-order valence-electron chi connectivity index (χ4n) is 2.92. The van der Waals surface area contributed by atoms with Gasteiger partial charge in [-0.1, -0.05) is 0 Å². The first-order valence-corrected chi connectivity index (χ1v) is 7.30. The summed E-state index contributed by atoms with van der Waals surface area (Å²) in [7, 11) is 5.56. The largest absolute Gasteiger partial charge is 0.497 e. The summed E-state index contributed by atoms with van der Waals surface area (Å²) in [6, 6.07) is 7.09. The lowest BCUT2D eigenvalue weighted by molar-refractivity contribution is 0.176. The van der Waals surface area contributed by atoms with Crippen molar-refractivity contribution < 1.29 is 9.47 Å². The number of hydrogen-bond acceptors (Lipinski definition) is 4. The number of methoxy groups -OCH3 is 2. The predicted molar refractivity (Wildman–Crippen MR) is 81.2 cm³/mol. The van der Waals surface area contributed by atoms with E-state index in [1.807, 2.05) is 6.07 Å². The van der Waals surface area contributed by atoms with Crippen LogP contribution in [0.15, 0.2) is 18.2 Å². The van der Waals surface area contributed by atoms with Crippen LogP contribution in [0.5, 0.6) is 11.5 Å². The molecule has 2 rings (SSSR count). The number of nitrogens with two attached hydrogens (primary N) is 1. The first-order chi connectivity index (χ1) is 9.62. The summed E-state index contributed by atoms with van der Waals surface area (Å²) in [5, 5.41) is 0. The standard InChI is InChI=1S/C16H26N2O2/c1-18(14-6-4-13(17)5-7-14)11-12-8-15(19-2)10-16(9-12)20-3/h8-10,13-14H,4-7,11,17H2,1-3H3. The second-order valence-electron chi connectivity index (χ2n) is 5.70. The molecular weight excluding hydrogens is 252 g/mol. The van der Waals surface area contributed by atoms with Crippen molar-refractivity contribution in [3.63, 3.8) is 0 Å². The molecule has 0 aromatic heterocycles. The molecule has 20 heavy (non-hydrogen) atoms. The molecule has 0 unspecified atom stereocenters. The second-order valence-corrected chi connectivity index (χ2v) is 5.70. The lowest BCUT2D eigenvalue weighted by Gasteiger charge is -2.33. The third-order valence-corrected chi connectivity index (χ3v) is 4.21. The normalized spacial score (nSPS) is 22.9. The number of nitrogens with zero attached hydrogens (tertiary/aromatic N) is 1. The molecule has 0 radical (unpaired) electrons. The molecule has 1 saturated carbocycles. The van der Waals surface area contributed by atoms with E-state index >= 15 is 0 Å². The van der Waals surface area contributed by atoms with Crippen LogP contribution in [-0.2, 0) is 6.54 Å². The van der Waals surface area contributed by atoms with Gasteiger partial charge in [-0.05, 0) is 50.4 Å². The zero-order valence-electron chi connectivity index (χ0n) is 12.8. The number of hydrogen-bond donors (Lipinski definition) is 1. The van der Waals surface area contributed by atoms with E-state index in [-0.39, 0.29) is 0 Å². The number of benzene rings is 1. The molecule has 0 spiro atoms. The summed E-state index contributed by atoms with van der Waals surface area (Å²) in [5.41, 5.74) is 7.19. The van der Waals surface area contributed by atoms with Gasteiger partial charge >= 0.3 is 0 Å². The van der Waals surface area contributed by atoms with E-state index < -0.39 is 0 Å².